The van der Waals surface area contributed by atoms with Gasteiger partial charge in [-0.3, -0.25) is 0 Å². The Balaban J connectivity index is 1.98. The first-order chi connectivity index (χ1) is 12.5. The van der Waals surface area contributed by atoms with Crippen LogP contribution in [0, 0.1) is 0 Å². The molecule has 0 radical (unpaired) electrons. The van der Waals surface area contributed by atoms with Crippen LogP contribution in [0.5, 0.6) is 11.5 Å². The van der Waals surface area contributed by atoms with Gasteiger partial charge in [0.1, 0.15) is 11.3 Å². The summed E-state index contributed by atoms with van der Waals surface area (Å²) in [7, 11) is 3.09. The maximum atomic E-state index is 12.6. The van der Waals surface area contributed by atoms with Gasteiger partial charge in [-0.2, -0.15) is 0 Å². The summed E-state index contributed by atoms with van der Waals surface area (Å²) >= 11 is 6.87. The van der Waals surface area contributed by atoms with E-state index in [-0.39, 0.29) is 0 Å². The largest absolute Gasteiger partial charge is 0.493 e. The van der Waals surface area contributed by atoms with E-state index >= 15 is 0 Å². The van der Waals surface area contributed by atoms with Crippen LogP contribution in [0.1, 0.15) is 0 Å². The van der Waals surface area contributed by atoms with Crippen LogP contribution in [0.4, 0.5) is 0 Å². The molecule has 0 aliphatic heterocycles. The molecule has 26 heavy (non-hydrogen) atoms. The number of rotatable bonds is 3. The number of benzene rings is 2. The molecule has 4 aromatic rings. The van der Waals surface area contributed by atoms with E-state index in [4.69, 9.17) is 18.3 Å². The second-order valence-electron chi connectivity index (χ2n) is 5.61. The predicted octanol–water partition coefficient (Wildman–Crippen LogP) is 5.75. The smallest absolute Gasteiger partial charge is 0.347 e. The summed E-state index contributed by atoms with van der Waals surface area (Å²) in [5.74, 6) is 1.47. The number of halogens is 2. The highest BCUT2D eigenvalue weighted by Gasteiger charge is 2.17. The van der Waals surface area contributed by atoms with Crippen LogP contribution in [-0.4, -0.2) is 14.2 Å². The fourth-order valence-corrected chi connectivity index (χ4v) is 3.77. The van der Waals surface area contributed by atoms with E-state index in [0.717, 1.165) is 19.7 Å². The van der Waals surface area contributed by atoms with E-state index in [2.05, 4.69) is 31.9 Å². The number of hydrogen-bond acceptors (Lipinski definition) is 5. The standard InChI is InChI=1S/C19H12Br2O5/c1-23-15-7-12(21)4-10-6-14(25-17(10)15)13-5-9-3-11(20)8-16(24-2)18(9)26-19(13)22/h3-8H,1-2H3. The minimum absolute atomic E-state index is 0.326. The lowest BCUT2D eigenvalue weighted by Crippen LogP contribution is -2.02. The zero-order chi connectivity index (χ0) is 18.4. The summed E-state index contributed by atoms with van der Waals surface area (Å²) in [6.07, 6.45) is 0. The highest BCUT2D eigenvalue weighted by Crippen LogP contribution is 2.37. The van der Waals surface area contributed by atoms with Gasteiger partial charge >= 0.3 is 5.63 Å². The van der Waals surface area contributed by atoms with E-state index in [1.54, 1.807) is 31.4 Å². The fourth-order valence-electron chi connectivity index (χ4n) is 2.86. The lowest BCUT2D eigenvalue weighted by atomic mass is 10.1. The molecule has 7 heteroatoms. The molecule has 4 rings (SSSR count). The summed E-state index contributed by atoms with van der Waals surface area (Å²) in [4.78, 5) is 12.6. The topological polar surface area (TPSA) is 61.8 Å². The Morgan fingerprint density at radius 1 is 0.769 bits per heavy atom. The lowest BCUT2D eigenvalue weighted by Gasteiger charge is -2.06. The van der Waals surface area contributed by atoms with Gasteiger partial charge in [-0.25, -0.2) is 4.79 Å². The molecule has 0 unspecified atom stereocenters. The molecule has 0 N–H and O–H groups in total. The first-order valence-corrected chi connectivity index (χ1v) is 9.17. The summed E-state index contributed by atoms with van der Waals surface area (Å²) < 4.78 is 23.7. The van der Waals surface area contributed by atoms with Gasteiger partial charge in [0.2, 0.25) is 0 Å². The quantitative estimate of drug-likeness (QED) is 0.350. The first-order valence-electron chi connectivity index (χ1n) is 7.59. The van der Waals surface area contributed by atoms with E-state index in [1.165, 1.54) is 7.11 Å². The van der Waals surface area contributed by atoms with Crippen molar-refractivity contribution in [3.8, 4) is 22.8 Å². The molecule has 2 heterocycles. The van der Waals surface area contributed by atoms with Crippen molar-refractivity contribution < 1.29 is 18.3 Å². The molecule has 0 saturated carbocycles. The summed E-state index contributed by atoms with van der Waals surface area (Å²) in [6, 6.07) is 10.8. The van der Waals surface area contributed by atoms with Crippen molar-refractivity contribution in [2.45, 2.75) is 0 Å². The Morgan fingerprint density at radius 3 is 1.88 bits per heavy atom. The van der Waals surface area contributed by atoms with Gasteiger partial charge in [-0.05, 0) is 36.4 Å². The Morgan fingerprint density at radius 2 is 1.31 bits per heavy atom. The number of furan rings is 1. The van der Waals surface area contributed by atoms with Crippen molar-refractivity contribution in [1.29, 1.82) is 0 Å². The van der Waals surface area contributed by atoms with Gasteiger partial charge in [-0.15, -0.1) is 0 Å². The van der Waals surface area contributed by atoms with Crippen LogP contribution in [0.3, 0.4) is 0 Å². The maximum absolute atomic E-state index is 12.6. The molecule has 2 aromatic heterocycles. The highest BCUT2D eigenvalue weighted by atomic mass is 79.9. The minimum atomic E-state index is -0.504. The van der Waals surface area contributed by atoms with Crippen molar-refractivity contribution in [1.82, 2.24) is 0 Å². The fraction of sp³-hybridized carbons (Fsp3) is 0.105. The van der Waals surface area contributed by atoms with Crippen LogP contribution in [0.2, 0.25) is 0 Å². The molecular formula is C19H12Br2O5. The zero-order valence-corrected chi connectivity index (χ0v) is 16.9. The van der Waals surface area contributed by atoms with Crippen molar-refractivity contribution in [3.05, 3.63) is 55.8 Å². The summed E-state index contributed by atoms with van der Waals surface area (Å²) in [5, 5.41) is 1.54. The van der Waals surface area contributed by atoms with E-state index in [1.807, 2.05) is 12.1 Å². The minimum Gasteiger partial charge on any atom is -0.493 e. The van der Waals surface area contributed by atoms with Crippen LogP contribution in [0.15, 0.2) is 59.0 Å². The van der Waals surface area contributed by atoms with Crippen molar-refractivity contribution in [3.63, 3.8) is 0 Å². The molecule has 0 aliphatic carbocycles. The van der Waals surface area contributed by atoms with E-state index in [9.17, 15) is 4.79 Å². The molecule has 5 nitrogen and oxygen atoms in total. The van der Waals surface area contributed by atoms with E-state index in [0.29, 0.717) is 34.0 Å². The average molecular weight is 480 g/mol. The van der Waals surface area contributed by atoms with Crippen molar-refractivity contribution >= 4 is 53.8 Å². The van der Waals surface area contributed by atoms with Gasteiger partial charge in [0.15, 0.2) is 22.7 Å². The van der Waals surface area contributed by atoms with Gasteiger partial charge in [0.05, 0.1) is 14.2 Å². The van der Waals surface area contributed by atoms with Crippen LogP contribution >= 0.6 is 31.9 Å². The molecule has 0 amide bonds. The van der Waals surface area contributed by atoms with Crippen LogP contribution in [0.25, 0.3) is 33.3 Å². The van der Waals surface area contributed by atoms with Crippen molar-refractivity contribution in [2.24, 2.45) is 0 Å². The van der Waals surface area contributed by atoms with Gasteiger partial charge in [-0.1, -0.05) is 31.9 Å². The maximum Gasteiger partial charge on any atom is 0.347 e. The third kappa shape index (κ3) is 2.81. The summed E-state index contributed by atoms with van der Waals surface area (Å²) in [6.45, 7) is 0. The lowest BCUT2D eigenvalue weighted by molar-refractivity contribution is 0.406. The normalized spacial score (nSPS) is 11.2. The van der Waals surface area contributed by atoms with E-state index < -0.39 is 5.63 Å². The monoisotopic (exact) mass is 478 g/mol. The Kier molecular flexibility index (Phi) is 4.28. The second kappa shape index (κ2) is 6.48. The first kappa shape index (κ1) is 17.2. The molecule has 132 valence electrons. The van der Waals surface area contributed by atoms with Gasteiger partial charge in [0.25, 0.3) is 0 Å². The number of ether oxygens (including phenoxy) is 2. The molecule has 0 fully saturated rings. The molecule has 0 bridgehead atoms. The zero-order valence-electron chi connectivity index (χ0n) is 13.8. The Hall–Kier alpha value is -2.25. The SMILES string of the molecule is COc1cc(Br)cc2cc(-c3cc4cc(Br)cc(OC)c4oc3=O)oc12. The highest BCUT2D eigenvalue weighted by molar-refractivity contribution is 9.10. The number of fused-ring (bicyclic) bond motifs is 2. The predicted molar refractivity (Wildman–Crippen MR) is 106 cm³/mol. The molecule has 0 aliphatic rings. The van der Waals surface area contributed by atoms with Gasteiger partial charge < -0.3 is 18.3 Å². The number of methoxy groups -OCH3 is 2. The molecule has 2 aromatic carbocycles. The third-order valence-electron chi connectivity index (χ3n) is 4.02. The molecular weight excluding hydrogens is 468 g/mol. The molecule has 0 saturated heterocycles. The second-order valence-corrected chi connectivity index (χ2v) is 7.44. The molecule has 0 spiro atoms. The summed E-state index contributed by atoms with van der Waals surface area (Å²) in [5.41, 5.74) is 0.778. The Bertz CT molecular complexity index is 1210. The average Bonchev–Trinajstić information content (AvgIpc) is 3.03. The third-order valence-corrected chi connectivity index (χ3v) is 4.93. The molecule has 0 atom stereocenters. The van der Waals surface area contributed by atoms with Crippen LogP contribution < -0.4 is 15.1 Å². The number of hydrogen-bond donors (Lipinski definition) is 0. The van der Waals surface area contributed by atoms with Gasteiger partial charge in [0, 0.05) is 19.7 Å². The van der Waals surface area contributed by atoms with Crippen molar-refractivity contribution in [2.75, 3.05) is 14.2 Å². The van der Waals surface area contributed by atoms with Crippen LogP contribution in [-0.2, 0) is 0 Å². The Labute approximate surface area is 164 Å².